The fourth-order valence-electron chi connectivity index (χ4n) is 3.04. The highest BCUT2D eigenvalue weighted by Gasteiger charge is 2.30. The monoisotopic (exact) mass is 449 g/mol. The highest BCUT2D eigenvalue weighted by Crippen LogP contribution is 2.26. The largest absolute Gasteiger partial charge is 0.573 e. The Morgan fingerprint density at radius 2 is 1.58 bits per heavy atom. The van der Waals surface area contributed by atoms with Gasteiger partial charge >= 0.3 is 6.36 Å². The van der Waals surface area contributed by atoms with Gasteiger partial charge in [0.2, 0.25) is 5.28 Å². The number of aryl methyl sites for hydroxylation is 1. The molecule has 0 radical (unpaired) electrons. The number of halogens is 4. The number of hydrogen-bond donors (Lipinski definition) is 0. The highest BCUT2D eigenvalue weighted by atomic mass is 35.5. The van der Waals surface area contributed by atoms with Crippen LogP contribution < -0.4 is 9.64 Å². The Morgan fingerprint density at radius 3 is 2.13 bits per heavy atom. The predicted octanol–water partition coefficient (Wildman–Crippen LogP) is 5.46. The molecule has 3 aromatic rings. The van der Waals surface area contributed by atoms with E-state index in [4.69, 9.17) is 11.6 Å². The number of ketones is 1. The Kier molecular flexibility index (Phi) is 6.80. The van der Waals surface area contributed by atoms with E-state index in [2.05, 4.69) is 14.7 Å². The number of benzene rings is 2. The van der Waals surface area contributed by atoms with E-state index in [9.17, 15) is 18.0 Å². The number of carbonyl (C=O) groups excluding carboxylic acids is 1. The fourth-order valence-corrected chi connectivity index (χ4v) is 3.17. The minimum atomic E-state index is -4.74. The molecule has 1 heterocycles. The number of anilines is 2. The van der Waals surface area contributed by atoms with Crippen molar-refractivity contribution in [1.82, 2.24) is 9.97 Å². The summed E-state index contributed by atoms with van der Waals surface area (Å²) >= 11 is 5.89. The minimum Gasteiger partial charge on any atom is -0.406 e. The lowest BCUT2D eigenvalue weighted by molar-refractivity contribution is -0.274. The van der Waals surface area contributed by atoms with E-state index in [1.807, 2.05) is 43.1 Å². The maximum absolute atomic E-state index is 12.4. The molecule has 162 valence electrons. The van der Waals surface area contributed by atoms with Crippen molar-refractivity contribution in [2.24, 2.45) is 0 Å². The Morgan fingerprint density at radius 1 is 1.03 bits per heavy atom. The number of rotatable bonds is 7. The molecule has 0 fully saturated rings. The van der Waals surface area contributed by atoms with Crippen LogP contribution in [0, 0.1) is 6.92 Å². The van der Waals surface area contributed by atoms with Gasteiger partial charge < -0.3 is 9.64 Å². The molecule has 1 aromatic heterocycles. The van der Waals surface area contributed by atoms with Gasteiger partial charge in [0, 0.05) is 37.3 Å². The van der Waals surface area contributed by atoms with Crippen molar-refractivity contribution in [2.45, 2.75) is 26.1 Å². The molecule has 0 N–H and O–H groups in total. The summed E-state index contributed by atoms with van der Waals surface area (Å²) in [4.78, 5) is 22.4. The van der Waals surface area contributed by atoms with Crippen molar-refractivity contribution < 1.29 is 22.7 Å². The first-order chi connectivity index (χ1) is 14.6. The molecule has 0 atom stereocenters. The summed E-state index contributed by atoms with van der Waals surface area (Å²) in [7, 11) is 1.86. The van der Waals surface area contributed by atoms with E-state index in [0.29, 0.717) is 11.4 Å². The number of alkyl halides is 3. The fraction of sp³-hybridized carbons (Fsp3) is 0.227. The molecule has 2 aromatic carbocycles. The van der Waals surface area contributed by atoms with Crippen molar-refractivity contribution in [1.29, 1.82) is 0 Å². The van der Waals surface area contributed by atoms with E-state index in [1.165, 1.54) is 24.3 Å². The molecule has 0 aliphatic rings. The van der Waals surface area contributed by atoms with Crippen LogP contribution >= 0.6 is 11.6 Å². The van der Waals surface area contributed by atoms with Gasteiger partial charge in [0.15, 0.2) is 0 Å². The van der Waals surface area contributed by atoms with Gasteiger partial charge in [0.05, 0.1) is 0 Å². The highest BCUT2D eigenvalue weighted by molar-refractivity contribution is 6.28. The van der Waals surface area contributed by atoms with E-state index in [0.717, 1.165) is 16.8 Å². The SMILES string of the molecule is Cc1cnc(Cl)nc1N(C)c1ccc(CC(=O)Cc2ccc(OC(F)(F)F)cc2)cc1. The van der Waals surface area contributed by atoms with Crippen molar-refractivity contribution >= 4 is 28.9 Å². The Hall–Kier alpha value is -3.13. The van der Waals surface area contributed by atoms with Gasteiger partial charge in [-0.1, -0.05) is 24.3 Å². The van der Waals surface area contributed by atoms with Crippen molar-refractivity contribution in [3.8, 4) is 5.75 Å². The average Bonchev–Trinajstić information content (AvgIpc) is 2.70. The van der Waals surface area contributed by atoms with Gasteiger partial charge in [0.25, 0.3) is 0 Å². The predicted molar refractivity (Wildman–Crippen MR) is 112 cm³/mol. The van der Waals surface area contributed by atoms with Gasteiger partial charge in [-0.05, 0) is 53.9 Å². The van der Waals surface area contributed by atoms with Crippen LogP contribution in [0.3, 0.4) is 0 Å². The maximum atomic E-state index is 12.4. The molecule has 5 nitrogen and oxygen atoms in total. The molecule has 0 saturated heterocycles. The van der Waals surface area contributed by atoms with Crippen LogP contribution in [-0.4, -0.2) is 29.2 Å². The molecule has 0 saturated carbocycles. The van der Waals surface area contributed by atoms with E-state index in [-0.39, 0.29) is 29.7 Å². The summed E-state index contributed by atoms with van der Waals surface area (Å²) in [5, 5.41) is 0.160. The minimum absolute atomic E-state index is 0.0518. The summed E-state index contributed by atoms with van der Waals surface area (Å²) in [6.45, 7) is 1.89. The van der Waals surface area contributed by atoms with Crippen LogP contribution in [-0.2, 0) is 17.6 Å². The molecule has 0 amide bonds. The van der Waals surface area contributed by atoms with Crippen molar-refractivity contribution in [3.05, 3.63) is 76.7 Å². The molecule has 0 aliphatic carbocycles. The zero-order valence-corrected chi connectivity index (χ0v) is 17.5. The first-order valence-corrected chi connectivity index (χ1v) is 9.67. The standard InChI is InChI=1S/C22H19ClF3N3O2/c1-14-13-27-21(23)28-20(14)29(2)17-7-3-15(4-8-17)11-18(30)12-16-5-9-19(10-6-16)31-22(24,25)26/h3-10,13H,11-12H2,1-2H3. The maximum Gasteiger partial charge on any atom is 0.573 e. The topological polar surface area (TPSA) is 55.3 Å². The summed E-state index contributed by atoms with van der Waals surface area (Å²) in [6, 6.07) is 12.7. The number of ether oxygens (including phenoxy) is 1. The Balaban J connectivity index is 1.60. The van der Waals surface area contributed by atoms with Crippen LogP contribution in [0.5, 0.6) is 5.75 Å². The average molecular weight is 450 g/mol. The third-order valence-electron chi connectivity index (χ3n) is 4.52. The van der Waals surface area contributed by atoms with E-state index in [1.54, 1.807) is 6.20 Å². The van der Waals surface area contributed by atoms with Crippen LogP contribution in [0.1, 0.15) is 16.7 Å². The normalized spacial score (nSPS) is 11.3. The van der Waals surface area contributed by atoms with Gasteiger partial charge in [-0.3, -0.25) is 4.79 Å². The second kappa shape index (κ2) is 9.34. The van der Waals surface area contributed by atoms with Crippen LogP contribution in [0.2, 0.25) is 5.28 Å². The molecular formula is C22H19ClF3N3O2. The summed E-state index contributed by atoms with van der Waals surface area (Å²) in [6.07, 6.45) is -2.76. The van der Waals surface area contributed by atoms with Crippen LogP contribution in [0.25, 0.3) is 0 Å². The second-order valence-electron chi connectivity index (χ2n) is 6.96. The molecule has 31 heavy (non-hydrogen) atoms. The zero-order chi connectivity index (χ0) is 22.6. The van der Waals surface area contributed by atoms with Gasteiger partial charge in [-0.2, -0.15) is 4.98 Å². The van der Waals surface area contributed by atoms with Gasteiger partial charge in [-0.15, -0.1) is 13.2 Å². The lowest BCUT2D eigenvalue weighted by Crippen LogP contribution is -2.17. The van der Waals surface area contributed by atoms with Crippen molar-refractivity contribution in [3.63, 3.8) is 0 Å². The number of hydrogen-bond acceptors (Lipinski definition) is 5. The molecule has 9 heteroatoms. The summed E-state index contributed by atoms with van der Waals surface area (Å²) in [5.74, 6) is 0.314. The molecular weight excluding hydrogens is 431 g/mol. The van der Waals surface area contributed by atoms with Gasteiger partial charge in [-0.25, -0.2) is 4.98 Å². The zero-order valence-electron chi connectivity index (χ0n) is 16.8. The Labute approximate surface area is 182 Å². The third-order valence-corrected chi connectivity index (χ3v) is 4.70. The second-order valence-corrected chi connectivity index (χ2v) is 7.29. The quantitative estimate of drug-likeness (QED) is 0.448. The number of nitrogens with zero attached hydrogens (tertiary/aromatic N) is 3. The first kappa shape index (κ1) is 22.6. The molecule has 0 spiro atoms. The summed E-state index contributed by atoms with van der Waals surface area (Å²) in [5.41, 5.74) is 3.19. The third kappa shape index (κ3) is 6.42. The lowest BCUT2D eigenvalue weighted by atomic mass is 10.0. The smallest absolute Gasteiger partial charge is 0.406 e. The molecule has 0 bridgehead atoms. The van der Waals surface area contributed by atoms with E-state index >= 15 is 0 Å². The van der Waals surface area contributed by atoms with Crippen LogP contribution in [0.4, 0.5) is 24.7 Å². The molecule has 0 aliphatic heterocycles. The van der Waals surface area contributed by atoms with Gasteiger partial charge in [0.1, 0.15) is 17.4 Å². The van der Waals surface area contributed by atoms with Crippen molar-refractivity contribution in [2.75, 3.05) is 11.9 Å². The first-order valence-electron chi connectivity index (χ1n) is 9.29. The van der Waals surface area contributed by atoms with Crippen LogP contribution in [0.15, 0.2) is 54.7 Å². The number of Topliss-reactive ketones (excluding diaryl/α,β-unsaturated/α-hetero) is 1. The van der Waals surface area contributed by atoms with E-state index < -0.39 is 6.36 Å². The summed E-state index contributed by atoms with van der Waals surface area (Å²) < 4.78 is 40.5. The lowest BCUT2D eigenvalue weighted by Gasteiger charge is -2.20. The molecule has 0 unspecified atom stereocenters. The molecule has 3 rings (SSSR count). The number of aromatic nitrogens is 2. The Bertz CT molecular complexity index is 1060. The number of carbonyl (C=O) groups is 1.